The molecule has 0 saturated heterocycles. The van der Waals surface area contributed by atoms with Gasteiger partial charge in [-0.3, -0.25) is 0 Å². The number of halogens is 1. The molecule has 0 aromatic heterocycles. The van der Waals surface area contributed by atoms with E-state index in [2.05, 4.69) is 0 Å². The van der Waals surface area contributed by atoms with Gasteiger partial charge in [-0.2, -0.15) is 12.7 Å². The minimum atomic E-state index is -4.81. The maximum Gasteiger partial charge on any atom is 0.332 e. The number of hydrogen-bond donors (Lipinski definition) is 0. The number of nitrogens with zero attached hydrogens (tertiary/aromatic N) is 1. The van der Waals surface area contributed by atoms with E-state index in [0.29, 0.717) is 25.9 Å². The maximum absolute atomic E-state index is 12.8. The summed E-state index contributed by atoms with van der Waals surface area (Å²) in [5.41, 5.74) is 0. The van der Waals surface area contributed by atoms with Gasteiger partial charge >= 0.3 is 10.2 Å². The zero-order chi connectivity index (χ0) is 15.4. The van der Waals surface area contributed by atoms with E-state index in [4.69, 9.17) is 0 Å². The molecule has 0 aliphatic heterocycles. The molecule has 0 aliphatic rings. The third-order valence-electron chi connectivity index (χ3n) is 2.69. The first-order valence-corrected chi connectivity index (χ1v) is 9.10. The topological polar surface area (TPSA) is 71.5 Å². The van der Waals surface area contributed by atoms with Crippen LogP contribution in [0.25, 0.3) is 0 Å². The van der Waals surface area contributed by atoms with Crippen LogP contribution in [-0.2, 0) is 20.2 Å². The second-order valence-electron chi connectivity index (χ2n) is 4.31. The first kappa shape index (κ1) is 17.1. The molecule has 0 spiro atoms. The Morgan fingerprint density at radius 1 is 0.900 bits per heavy atom. The third-order valence-corrected chi connectivity index (χ3v) is 5.44. The van der Waals surface area contributed by atoms with E-state index >= 15 is 0 Å². The number of sulfonamides is 1. The molecule has 0 atom stereocenters. The van der Waals surface area contributed by atoms with Crippen molar-refractivity contribution >= 4 is 20.2 Å². The molecule has 114 valence electrons. The molecule has 0 unspecified atom stereocenters. The van der Waals surface area contributed by atoms with Gasteiger partial charge in [-0.05, 0) is 37.1 Å². The van der Waals surface area contributed by atoms with Crippen molar-refractivity contribution in [3.63, 3.8) is 0 Å². The van der Waals surface area contributed by atoms with Gasteiger partial charge in [0.2, 0.25) is 10.0 Å². The molecule has 1 aromatic rings. The fourth-order valence-electron chi connectivity index (χ4n) is 1.77. The van der Waals surface area contributed by atoms with Crippen molar-refractivity contribution in [2.75, 3.05) is 13.1 Å². The number of hydrogen-bond acceptors (Lipinski definition) is 4. The van der Waals surface area contributed by atoms with Crippen LogP contribution >= 0.6 is 0 Å². The van der Waals surface area contributed by atoms with E-state index in [1.165, 1.54) is 4.31 Å². The molecule has 0 N–H and O–H groups in total. The van der Waals surface area contributed by atoms with Crippen LogP contribution in [0.2, 0.25) is 0 Å². The summed E-state index contributed by atoms with van der Waals surface area (Å²) in [7, 11) is -8.49. The van der Waals surface area contributed by atoms with Crippen molar-refractivity contribution in [1.82, 2.24) is 4.31 Å². The average Bonchev–Trinajstić information content (AvgIpc) is 2.37. The molecule has 0 saturated carbocycles. The molecule has 1 aromatic carbocycles. The molecule has 0 heterocycles. The van der Waals surface area contributed by atoms with Crippen molar-refractivity contribution < 1.29 is 20.7 Å². The Kier molecular flexibility index (Phi) is 5.67. The van der Waals surface area contributed by atoms with Crippen LogP contribution in [0.5, 0.6) is 0 Å². The van der Waals surface area contributed by atoms with Gasteiger partial charge in [-0.15, -0.1) is 3.89 Å². The molecule has 5 nitrogen and oxygen atoms in total. The monoisotopic (exact) mass is 323 g/mol. The fraction of sp³-hybridized carbons (Fsp3) is 0.500. The summed E-state index contributed by atoms with van der Waals surface area (Å²) in [6.45, 7) is 4.52. The van der Waals surface area contributed by atoms with Crippen LogP contribution in [0.1, 0.15) is 26.7 Å². The van der Waals surface area contributed by atoms with Gasteiger partial charge < -0.3 is 0 Å². The van der Waals surface area contributed by atoms with Crippen LogP contribution in [0.4, 0.5) is 3.89 Å². The Morgan fingerprint density at radius 3 is 1.65 bits per heavy atom. The highest BCUT2D eigenvalue weighted by molar-refractivity contribution is 7.89. The molecule has 0 radical (unpaired) electrons. The van der Waals surface area contributed by atoms with Crippen LogP contribution in [-0.4, -0.2) is 34.2 Å². The van der Waals surface area contributed by atoms with E-state index in [1.54, 1.807) is 0 Å². The van der Waals surface area contributed by atoms with Gasteiger partial charge in [0.15, 0.2) is 0 Å². The fourth-order valence-corrected chi connectivity index (χ4v) is 3.86. The maximum atomic E-state index is 12.8. The van der Waals surface area contributed by atoms with Crippen LogP contribution in [0.3, 0.4) is 0 Å². The molecule has 0 aliphatic carbocycles. The average molecular weight is 323 g/mol. The van der Waals surface area contributed by atoms with E-state index < -0.39 is 25.1 Å². The molecule has 8 heteroatoms. The lowest BCUT2D eigenvalue weighted by atomic mass is 10.4. The predicted octanol–water partition coefficient (Wildman–Crippen LogP) is 2.16. The summed E-state index contributed by atoms with van der Waals surface area (Å²) in [4.78, 5) is -0.583. The largest absolute Gasteiger partial charge is 0.332 e. The van der Waals surface area contributed by atoms with Gasteiger partial charge in [0.1, 0.15) is 0 Å². The zero-order valence-electron chi connectivity index (χ0n) is 11.4. The minimum Gasteiger partial charge on any atom is -0.207 e. The van der Waals surface area contributed by atoms with Crippen LogP contribution in [0.15, 0.2) is 34.1 Å². The van der Waals surface area contributed by atoms with Gasteiger partial charge in [0.05, 0.1) is 9.79 Å². The highest BCUT2D eigenvalue weighted by Gasteiger charge is 2.23. The highest BCUT2D eigenvalue weighted by atomic mass is 32.3. The summed E-state index contributed by atoms with van der Waals surface area (Å²) >= 11 is 0. The predicted molar refractivity (Wildman–Crippen MR) is 74.1 cm³/mol. The molecular weight excluding hydrogens is 305 g/mol. The van der Waals surface area contributed by atoms with Gasteiger partial charge in [0, 0.05) is 13.1 Å². The Balaban J connectivity index is 3.15. The summed E-state index contributed by atoms with van der Waals surface area (Å²) in [6, 6.07) is 4.14. The van der Waals surface area contributed by atoms with Gasteiger partial charge in [-0.1, -0.05) is 13.8 Å². The standard InChI is InChI=1S/C12H18FNO4S2/c1-3-9-14(10-4-2)20(17,18)12-7-5-11(6-8-12)19(13,15)16/h5-8H,3-4,9-10H2,1-2H3. The highest BCUT2D eigenvalue weighted by Crippen LogP contribution is 2.20. The quantitative estimate of drug-likeness (QED) is 0.721. The third kappa shape index (κ3) is 4.00. The Bertz CT molecular complexity index is 633. The molecular formula is C12H18FNO4S2. The lowest BCUT2D eigenvalue weighted by molar-refractivity contribution is 0.410. The zero-order valence-corrected chi connectivity index (χ0v) is 13.0. The summed E-state index contributed by atoms with van der Waals surface area (Å²) in [5, 5.41) is 0. The summed E-state index contributed by atoms with van der Waals surface area (Å²) < 4.78 is 60.2. The summed E-state index contributed by atoms with van der Waals surface area (Å²) in [5.74, 6) is 0. The molecule has 0 amide bonds. The number of benzene rings is 1. The minimum absolute atomic E-state index is 0.0354. The Morgan fingerprint density at radius 2 is 1.30 bits per heavy atom. The Hall–Kier alpha value is -0.990. The van der Waals surface area contributed by atoms with Crippen molar-refractivity contribution in [3.8, 4) is 0 Å². The van der Waals surface area contributed by atoms with Crippen molar-refractivity contribution in [3.05, 3.63) is 24.3 Å². The molecule has 20 heavy (non-hydrogen) atoms. The van der Waals surface area contributed by atoms with E-state index in [1.807, 2.05) is 13.8 Å². The first-order valence-electron chi connectivity index (χ1n) is 6.28. The van der Waals surface area contributed by atoms with Crippen LogP contribution in [0, 0.1) is 0 Å². The SMILES string of the molecule is CCCN(CCC)S(=O)(=O)c1ccc(S(=O)(=O)F)cc1. The van der Waals surface area contributed by atoms with Crippen molar-refractivity contribution in [2.24, 2.45) is 0 Å². The Labute approximate surface area is 119 Å². The second kappa shape index (κ2) is 6.64. The molecule has 1 rings (SSSR count). The second-order valence-corrected chi connectivity index (χ2v) is 7.60. The summed E-state index contributed by atoms with van der Waals surface area (Å²) in [6.07, 6.45) is 1.35. The van der Waals surface area contributed by atoms with Crippen LogP contribution < -0.4 is 0 Å². The smallest absolute Gasteiger partial charge is 0.207 e. The van der Waals surface area contributed by atoms with Crippen molar-refractivity contribution in [1.29, 1.82) is 0 Å². The molecule has 0 fully saturated rings. The normalized spacial score (nSPS) is 12.8. The van der Waals surface area contributed by atoms with Gasteiger partial charge in [-0.25, -0.2) is 8.42 Å². The van der Waals surface area contributed by atoms with E-state index in [9.17, 15) is 20.7 Å². The van der Waals surface area contributed by atoms with Gasteiger partial charge in [0.25, 0.3) is 0 Å². The molecule has 0 bridgehead atoms. The first-order chi connectivity index (χ1) is 9.23. The van der Waals surface area contributed by atoms with E-state index in [0.717, 1.165) is 24.3 Å². The van der Waals surface area contributed by atoms with Crippen molar-refractivity contribution in [2.45, 2.75) is 36.5 Å². The lowest BCUT2D eigenvalue weighted by Crippen LogP contribution is -2.32. The van der Waals surface area contributed by atoms with E-state index in [-0.39, 0.29) is 4.90 Å². The number of rotatable bonds is 7. The lowest BCUT2D eigenvalue weighted by Gasteiger charge is -2.20.